The van der Waals surface area contributed by atoms with Gasteiger partial charge in [-0.15, -0.1) is 0 Å². The summed E-state index contributed by atoms with van der Waals surface area (Å²) in [5, 5.41) is 10.6. The highest BCUT2D eigenvalue weighted by atomic mass is 79.9. The van der Waals surface area contributed by atoms with Crippen LogP contribution < -0.4 is 0 Å². The first-order valence-corrected chi connectivity index (χ1v) is 6.24. The van der Waals surface area contributed by atoms with Gasteiger partial charge in [-0.25, -0.2) is 0 Å². The molecule has 0 radical (unpaired) electrons. The summed E-state index contributed by atoms with van der Waals surface area (Å²) in [4.78, 5) is 26.0. The van der Waals surface area contributed by atoms with Crippen molar-refractivity contribution in [1.29, 1.82) is 0 Å². The minimum absolute atomic E-state index is 0.0809. The number of nitrogens with zero attached hydrogens (tertiary/aromatic N) is 2. The predicted molar refractivity (Wildman–Crippen MR) is 73.1 cm³/mol. The lowest BCUT2D eigenvalue weighted by atomic mass is 10.1. The summed E-state index contributed by atoms with van der Waals surface area (Å²) >= 11 is 3.20. The van der Waals surface area contributed by atoms with E-state index in [1.54, 1.807) is 24.3 Å². The molecule has 0 saturated carbocycles. The second-order valence-electron chi connectivity index (χ2n) is 3.85. The average molecular weight is 321 g/mol. The number of hydrogen-bond donors (Lipinski definition) is 0. The van der Waals surface area contributed by atoms with E-state index in [1.165, 1.54) is 6.07 Å². The van der Waals surface area contributed by atoms with Crippen LogP contribution in [0.1, 0.15) is 16.1 Å². The van der Waals surface area contributed by atoms with Crippen LogP contribution in [-0.4, -0.2) is 15.7 Å². The summed E-state index contributed by atoms with van der Waals surface area (Å²) in [5.41, 5.74) is 0.969. The van der Waals surface area contributed by atoms with Crippen LogP contribution in [0.4, 0.5) is 5.69 Å². The Morgan fingerprint density at radius 1 is 1.32 bits per heavy atom. The molecule has 0 aliphatic carbocycles. The van der Waals surface area contributed by atoms with E-state index in [1.807, 2.05) is 6.07 Å². The van der Waals surface area contributed by atoms with Gasteiger partial charge in [-0.1, -0.05) is 30.3 Å². The number of aromatic nitrogens is 1. The molecule has 19 heavy (non-hydrogen) atoms. The first-order chi connectivity index (χ1) is 9.08. The topological polar surface area (TPSA) is 73.1 Å². The maximum atomic E-state index is 12.0. The monoisotopic (exact) mass is 320 g/mol. The quantitative estimate of drug-likeness (QED) is 0.492. The highest BCUT2D eigenvalue weighted by molar-refractivity contribution is 9.10. The molecule has 0 aliphatic heterocycles. The van der Waals surface area contributed by atoms with E-state index in [0.29, 0.717) is 15.7 Å². The summed E-state index contributed by atoms with van der Waals surface area (Å²) in [7, 11) is 0. The van der Waals surface area contributed by atoms with Gasteiger partial charge in [0.1, 0.15) is 6.20 Å². The van der Waals surface area contributed by atoms with Gasteiger partial charge in [-0.05, 0) is 15.9 Å². The second-order valence-corrected chi connectivity index (χ2v) is 4.70. The maximum Gasteiger partial charge on any atom is 0.288 e. The van der Waals surface area contributed by atoms with Gasteiger partial charge in [0.2, 0.25) is 0 Å². The van der Waals surface area contributed by atoms with Crippen molar-refractivity contribution >= 4 is 27.4 Å². The van der Waals surface area contributed by atoms with Crippen LogP contribution in [0, 0.1) is 10.1 Å². The predicted octanol–water partition coefficient (Wildman–Crippen LogP) is 3.18. The maximum absolute atomic E-state index is 12.0. The van der Waals surface area contributed by atoms with Crippen LogP contribution in [0.15, 0.2) is 47.1 Å². The van der Waals surface area contributed by atoms with Crippen LogP contribution >= 0.6 is 15.9 Å². The van der Waals surface area contributed by atoms with Gasteiger partial charge in [-0.2, -0.15) is 0 Å². The van der Waals surface area contributed by atoms with Crippen molar-refractivity contribution < 1.29 is 9.72 Å². The molecule has 0 spiro atoms. The van der Waals surface area contributed by atoms with Gasteiger partial charge in [0.05, 0.1) is 17.0 Å². The normalized spacial score (nSPS) is 10.2. The standard InChI is InChI=1S/C13H9BrN2O3/c14-11-6-10(16(18)19)8-15-12(11)7-13(17)9-4-2-1-3-5-9/h1-6,8H,7H2. The van der Waals surface area contributed by atoms with Crippen molar-refractivity contribution in [2.75, 3.05) is 0 Å². The van der Waals surface area contributed by atoms with E-state index in [9.17, 15) is 14.9 Å². The Balaban J connectivity index is 2.20. The summed E-state index contributed by atoms with van der Waals surface area (Å²) in [6, 6.07) is 10.2. The number of halogens is 1. The third kappa shape index (κ3) is 3.23. The number of carbonyl (C=O) groups excluding carboxylic acids is 1. The van der Waals surface area contributed by atoms with E-state index in [0.717, 1.165) is 6.20 Å². The van der Waals surface area contributed by atoms with E-state index in [2.05, 4.69) is 20.9 Å². The number of Topliss-reactive ketones (excluding diaryl/α,β-unsaturated/α-hetero) is 1. The van der Waals surface area contributed by atoms with Crippen molar-refractivity contribution in [3.63, 3.8) is 0 Å². The number of hydrogen-bond acceptors (Lipinski definition) is 4. The molecule has 2 aromatic rings. The number of rotatable bonds is 4. The summed E-state index contributed by atoms with van der Waals surface area (Å²) in [6.45, 7) is 0. The first-order valence-electron chi connectivity index (χ1n) is 5.45. The molecule has 0 aliphatic rings. The minimum atomic E-state index is -0.527. The zero-order valence-corrected chi connectivity index (χ0v) is 11.3. The summed E-state index contributed by atoms with van der Waals surface area (Å²) < 4.78 is 0.464. The molecule has 0 atom stereocenters. The van der Waals surface area contributed by atoms with Gasteiger partial charge >= 0.3 is 0 Å². The molecule has 1 aromatic heterocycles. The number of ketones is 1. The summed E-state index contributed by atoms with van der Waals surface area (Å²) in [5.74, 6) is -0.0809. The highest BCUT2D eigenvalue weighted by Crippen LogP contribution is 2.21. The third-order valence-electron chi connectivity index (χ3n) is 2.54. The Morgan fingerprint density at radius 2 is 2.00 bits per heavy atom. The van der Waals surface area contributed by atoms with Crippen LogP contribution in [-0.2, 0) is 6.42 Å². The molecule has 6 heteroatoms. The molecule has 0 N–H and O–H groups in total. The van der Waals surface area contributed by atoms with Gasteiger partial charge < -0.3 is 0 Å². The lowest BCUT2D eigenvalue weighted by Gasteiger charge is -2.03. The molecule has 1 heterocycles. The SMILES string of the molecule is O=C(Cc1ncc([N+](=O)[O-])cc1Br)c1ccccc1. The van der Waals surface area contributed by atoms with Gasteiger partial charge in [0, 0.05) is 16.1 Å². The van der Waals surface area contributed by atoms with Crippen molar-refractivity contribution in [3.8, 4) is 0 Å². The first kappa shape index (κ1) is 13.4. The number of benzene rings is 1. The Morgan fingerprint density at radius 3 is 2.58 bits per heavy atom. The Hall–Kier alpha value is -2.08. The molecule has 5 nitrogen and oxygen atoms in total. The molecule has 0 bridgehead atoms. The molecule has 0 unspecified atom stereocenters. The zero-order valence-electron chi connectivity index (χ0n) is 9.75. The molecule has 0 saturated heterocycles. The lowest BCUT2D eigenvalue weighted by Crippen LogP contribution is -2.06. The van der Waals surface area contributed by atoms with Crippen molar-refractivity contribution in [3.05, 3.63) is 68.4 Å². The van der Waals surface area contributed by atoms with Crippen LogP contribution in [0.5, 0.6) is 0 Å². The van der Waals surface area contributed by atoms with E-state index in [-0.39, 0.29) is 17.9 Å². The zero-order chi connectivity index (χ0) is 13.8. The number of nitro groups is 1. The lowest BCUT2D eigenvalue weighted by molar-refractivity contribution is -0.385. The molecular formula is C13H9BrN2O3. The Labute approximate surface area is 117 Å². The third-order valence-corrected chi connectivity index (χ3v) is 3.22. The van der Waals surface area contributed by atoms with Gasteiger partial charge in [0.25, 0.3) is 5.69 Å². The minimum Gasteiger partial charge on any atom is -0.294 e. The number of pyridine rings is 1. The van der Waals surface area contributed by atoms with E-state index in [4.69, 9.17) is 0 Å². The smallest absolute Gasteiger partial charge is 0.288 e. The molecule has 1 aromatic carbocycles. The Bertz CT molecular complexity index is 629. The average Bonchev–Trinajstić information content (AvgIpc) is 2.41. The number of carbonyl (C=O) groups is 1. The van der Waals surface area contributed by atoms with Crippen LogP contribution in [0.2, 0.25) is 0 Å². The van der Waals surface area contributed by atoms with Crippen molar-refractivity contribution in [1.82, 2.24) is 4.98 Å². The fraction of sp³-hybridized carbons (Fsp3) is 0.0769. The molecular weight excluding hydrogens is 312 g/mol. The second kappa shape index (κ2) is 5.71. The van der Waals surface area contributed by atoms with E-state index < -0.39 is 4.92 Å². The fourth-order valence-corrected chi connectivity index (χ4v) is 2.04. The molecule has 2 rings (SSSR count). The highest BCUT2D eigenvalue weighted by Gasteiger charge is 2.14. The van der Waals surface area contributed by atoms with E-state index >= 15 is 0 Å². The molecule has 0 fully saturated rings. The van der Waals surface area contributed by atoms with Crippen LogP contribution in [0.3, 0.4) is 0 Å². The largest absolute Gasteiger partial charge is 0.294 e. The van der Waals surface area contributed by atoms with Gasteiger partial charge in [0.15, 0.2) is 5.78 Å². The van der Waals surface area contributed by atoms with Crippen LogP contribution in [0.25, 0.3) is 0 Å². The molecule has 96 valence electrons. The van der Waals surface area contributed by atoms with Gasteiger partial charge in [-0.3, -0.25) is 19.9 Å². The molecule has 0 amide bonds. The summed E-state index contributed by atoms with van der Waals surface area (Å²) in [6.07, 6.45) is 1.25. The fourth-order valence-electron chi connectivity index (χ4n) is 1.56. The van der Waals surface area contributed by atoms with Crippen molar-refractivity contribution in [2.24, 2.45) is 0 Å². The Kier molecular flexibility index (Phi) is 4.01. The van der Waals surface area contributed by atoms with Crippen molar-refractivity contribution in [2.45, 2.75) is 6.42 Å².